The summed E-state index contributed by atoms with van der Waals surface area (Å²) in [5.41, 5.74) is 8.44. The van der Waals surface area contributed by atoms with Crippen LogP contribution in [0.25, 0.3) is 0 Å². The second kappa shape index (κ2) is 7.14. The molecule has 0 aromatic heterocycles. The summed E-state index contributed by atoms with van der Waals surface area (Å²) in [5.74, 6) is 0.00449. The Labute approximate surface area is 130 Å². The Balaban J connectivity index is 1.89. The number of hydrogen-bond acceptors (Lipinski definition) is 2. The van der Waals surface area contributed by atoms with Gasteiger partial charge < -0.3 is 11.1 Å². The molecule has 0 spiro atoms. The third-order valence-electron chi connectivity index (χ3n) is 3.34. The van der Waals surface area contributed by atoms with Crippen LogP contribution in [0.3, 0.4) is 0 Å². The Morgan fingerprint density at radius 1 is 1.24 bits per heavy atom. The van der Waals surface area contributed by atoms with Crippen LogP contribution >= 0.6 is 11.6 Å². The highest BCUT2D eigenvalue weighted by atomic mass is 35.5. The maximum absolute atomic E-state index is 12.0. The molecule has 3 nitrogen and oxygen atoms in total. The van der Waals surface area contributed by atoms with Gasteiger partial charge in [-0.15, -0.1) is 0 Å². The van der Waals surface area contributed by atoms with Gasteiger partial charge in [-0.05, 0) is 42.7 Å². The van der Waals surface area contributed by atoms with Gasteiger partial charge in [-0.2, -0.15) is 0 Å². The molecule has 110 valence electrons. The Kier molecular flexibility index (Phi) is 5.23. The number of anilines is 1. The van der Waals surface area contributed by atoms with Crippen LogP contribution in [-0.4, -0.2) is 5.91 Å². The predicted octanol–water partition coefficient (Wildman–Crippen LogP) is 3.73. The molecule has 0 bridgehead atoms. The van der Waals surface area contributed by atoms with E-state index in [2.05, 4.69) is 5.32 Å². The molecule has 0 fully saturated rings. The van der Waals surface area contributed by atoms with E-state index in [-0.39, 0.29) is 11.9 Å². The maximum Gasteiger partial charge on any atom is 0.220 e. The molecule has 0 unspecified atom stereocenters. The lowest BCUT2D eigenvalue weighted by Crippen LogP contribution is -2.27. The topological polar surface area (TPSA) is 55.1 Å². The number of nitrogens with one attached hydrogen (secondary N) is 1. The van der Waals surface area contributed by atoms with E-state index in [1.807, 2.05) is 55.5 Å². The number of benzene rings is 2. The summed E-state index contributed by atoms with van der Waals surface area (Å²) in [6, 6.07) is 15.0. The fraction of sp³-hybridized carbons (Fsp3) is 0.235. The van der Waals surface area contributed by atoms with Gasteiger partial charge in [0, 0.05) is 17.1 Å². The number of nitrogens with two attached hydrogens (primary N) is 1. The van der Waals surface area contributed by atoms with Gasteiger partial charge in [0.05, 0.1) is 6.04 Å². The SMILES string of the molecule is C[C@H](NC(=O)CCc1cccc(N)c1)c1ccccc1Cl. The summed E-state index contributed by atoms with van der Waals surface area (Å²) in [5, 5.41) is 3.63. The zero-order chi connectivity index (χ0) is 15.2. The molecule has 1 amide bonds. The molecule has 3 N–H and O–H groups in total. The van der Waals surface area contributed by atoms with Gasteiger partial charge in [0.25, 0.3) is 0 Å². The number of nitrogen functional groups attached to an aromatic ring is 1. The molecule has 0 aliphatic heterocycles. The fourth-order valence-electron chi connectivity index (χ4n) is 2.22. The molecule has 0 saturated heterocycles. The highest BCUT2D eigenvalue weighted by molar-refractivity contribution is 6.31. The zero-order valence-electron chi connectivity index (χ0n) is 12.0. The lowest BCUT2D eigenvalue weighted by Gasteiger charge is -2.15. The van der Waals surface area contributed by atoms with E-state index >= 15 is 0 Å². The van der Waals surface area contributed by atoms with Crippen molar-refractivity contribution < 1.29 is 4.79 Å². The van der Waals surface area contributed by atoms with Crippen molar-refractivity contribution in [2.45, 2.75) is 25.8 Å². The van der Waals surface area contributed by atoms with Crippen LogP contribution in [0.5, 0.6) is 0 Å². The Hall–Kier alpha value is -2.00. The lowest BCUT2D eigenvalue weighted by atomic mass is 10.1. The average molecular weight is 303 g/mol. The molecular weight excluding hydrogens is 284 g/mol. The largest absolute Gasteiger partial charge is 0.399 e. The molecule has 1 atom stereocenters. The molecule has 2 rings (SSSR count). The lowest BCUT2D eigenvalue weighted by molar-refractivity contribution is -0.121. The molecular formula is C17H19ClN2O. The monoisotopic (exact) mass is 302 g/mol. The quantitative estimate of drug-likeness (QED) is 0.827. The molecule has 0 aliphatic rings. The molecule has 0 radical (unpaired) electrons. The van der Waals surface area contributed by atoms with E-state index in [4.69, 9.17) is 17.3 Å². The number of hydrogen-bond donors (Lipinski definition) is 2. The summed E-state index contributed by atoms with van der Waals surface area (Å²) in [6.45, 7) is 1.93. The van der Waals surface area contributed by atoms with Crippen molar-refractivity contribution in [2.75, 3.05) is 5.73 Å². The first-order valence-corrected chi connectivity index (χ1v) is 7.32. The molecule has 2 aromatic rings. The van der Waals surface area contributed by atoms with E-state index in [1.165, 1.54) is 0 Å². The number of halogens is 1. The smallest absolute Gasteiger partial charge is 0.220 e. The van der Waals surface area contributed by atoms with Crippen LogP contribution in [0.1, 0.15) is 30.5 Å². The summed E-state index contributed by atoms with van der Waals surface area (Å²) in [7, 11) is 0. The fourth-order valence-corrected chi connectivity index (χ4v) is 2.52. The van der Waals surface area contributed by atoms with Gasteiger partial charge in [0.1, 0.15) is 0 Å². The van der Waals surface area contributed by atoms with Crippen LogP contribution in [-0.2, 0) is 11.2 Å². The van der Waals surface area contributed by atoms with Gasteiger partial charge in [0.2, 0.25) is 5.91 Å². The van der Waals surface area contributed by atoms with Gasteiger partial charge >= 0.3 is 0 Å². The highest BCUT2D eigenvalue weighted by Crippen LogP contribution is 2.22. The van der Waals surface area contributed by atoms with Crippen molar-refractivity contribution in [3.8, 4) is 0 Å². The van der Waals surface area contributed by atoms with E-state index in [1.54, 1.807) is 0 Å². The van der Waals surface area contributed by atoms with Gasteiger partial charge in [0.15, 0.2) is 0 Å². The minimum absolute atomic E-state index is 0.00449. The molecule has 21 heavy (non-hydrogen) atoms. The second-order valence-corrected chi connectivity index (χ2v) is 5.46. The Morgan fingerprint density at radius 2 is 2.00 bits per heavy atom. The van der Waals surface area contributed by atoms with Gasteiger partial charge in [-0.1, -0.05) is 41.9 Å². The van der Waals surface area contributed by atoms with Crippen molar-refractivity contribution in [1.82, 2.24) is 5.32 Å². The molecule has 0 aliphatic carbocycles. The van der Waals surface area contributed by atoms with Crippen molar-refractivity contribution >= 4 is 23.2 Å². The van der Waals surface area contributed by atoms with E-state index in [0.717, 1.165) is 16.8 Å². The number of carbonyl (C=O) groups excluding carboxylic acids is 1. The van der Waals surface area contributed by atoms with Crippen molar-refractivity contribution in [1.29, 1.82) is 0 Å². The Morgan fingerprint density at radius 3 is 2.71 bits per heavy atom. The first-order chi connectivity index (χ1) is 10.1. The van der Waals surface area contributed by atoms with Crippen molar-refractivity contribution in [3.63, 3.8) is 0 Å². The highest BCUT2D eigenvalue weighted by Gasteiger charge is 2.12. The number of amides is 1. The second-order valence-electron chi connectivity index (χ2n) is 5.06. The zero-order valence-corrected chi connectivity index (χ0v) is 12.7. The molecule has 0 heterocycles. The predicted molar refractivity (Wildman–Crippen MR) is 87.2 cm³/mol. The minimum Gasteiger partial charge on any atom is -0.399 e. The number of rotatable bonds is 5. The summed E-state index contributed by atoms with van der Waals surface area (Å²) >= 11 is 6.13. The number of carbonyl (C=O) groups is 1. The van der Waals surface area contributed by atoms with Crippen LogP contribution in [0, 0.1) is 0 Å². The van der Waals surface area contributed by atoms with Gasteiger partial charge in [-0.3, -0.25) is 4.79 Å². The van der Waals surface area contributed by atoms with Crippen LogP contribution < -0.4 is 11.1 Å². The third kappa shape index (κ3) is 4.50. The maximum atomic E-state index is 12.0. The van der Waals surface area contributed by atoms with Crippen LogP contribution in [0.15, 0.2) is 48.5 Å². The Bertz CT molecular complexity index is 628. The first kappa shape index (κ1) is 15.4. The van der Waals surface area contributed by atoms with E-state index < -0.39 is 0 Å². The normalized spacial score (nSPS) is 11.9. The van der Waals surface area contributed by atoms with E-state index in [0.29, 0.717) is 17.9 Å². The van der Waals surface area contributed by atoms with Crippen molar-refractivity contribution in [2.24, 2.45) is 0 Å². The summed E-state index contributed by atoms with van der Waals surface area (Å²) in [6.07, 6.45) is 1.10. The van der Waals surface area contributed by atoms with Crippen LogP contribution in [0.4, 0.5) is 5.69 Å². The van der Waals surface area contributed by atoms with E-state index in [9.17, 15) is 4.79 Å². The first-order valence-electron chi connectivity index (χ1n) is 6.94. The molecule has 4 heteroatoms. The molecule has 2 aromatic carbocycles. The third-order valence-corrected chi connectivity index (χ3v) is 3.69. The molecule has 0 saturated carbocycles. The summed E-state index contributed by atoms with van der Waals surface area (Å²) in [4.78, 5) is 12.0. The van der Waals surface area contributed by atoms with Gasteiger partial charge in [-0.25, -0.2) is 0 Å². The standard InChI is InChI=1S/C17H19ClN2O/c1-12(15-7-2-3-8-16(15)18)20-17(21)10-9-13-5-4-6-14(19)11-13/h2-8,11-12H,9-10,19H2,1H3,(H,20,21)/t12-/m0/s1. The summed E-state index contributed by atoms with van der Waals surface area (Å²) < 4.78 is 0. The number of aryl methyl sites for hydroxylation is 1. The average Bonchev–Trinajstić information content (AvgIpc) is 2.45. The van der Waals surface area contributed by atoms with Crippen molar-refractivity contribution in [3.05, 3.63) is 64.7 Å². The van der Waals surface area contributed by atoms with Crippen LogP contribution in [0.2, 0.25) is 5.02 Å². The minimum atomic E-state index is -0.105.